The number of unbranched alkanes of at least 4 members (excludes halogenated alkanes) is 4. The number of hydrogen-bond acceptors (Lipinski definition) is 0. The summed E-state index contributed by atoms with van der Waals surface area (Å²) in [5.74, 6) is 8.44. The van der Waals surface area contributed by atoms with Gasteiger partial charge < -0.3 is 9.56 Å². The molecule has 0 atom stereocenters. The molecule has 0 aliphatic rings. The maximum absolute atomic E-state index is 3.75. The molecule has 0 heterocycles. The fourth-order valence-corrected chi connectivity index (χ4v) is 8.07. The molecule has 0 aliphatic carbocycles. The van der Waals surface area contributed by atoms with Crippen LogP contribution in [0.2, 0.25) is 10.6 Å². The second-order valence-electron chi connectivity index (χ2n) is 7.36. The van der Waals surface area contributed by atoms with Gasteiger partial charge in [-0.15, -0.1) is 0 Å². The Bertz CT molecular complexity index is 332. The van der Waals surface area contributed by atoms with E-state index < -0.39 is 13.1 Å². The highest BCUT2D eigenvalue weighted by Gasteiger charge is 2.27. The average Bonchev–Trinajstić information content (AvgIpc) is 2.38. The first kappa shape index (κ1) is 20.7. The average molecular weight is 303 g/mol. The van der Waals surface area contributed by atoms with Crippen LogP contribution in [-0.2, 0) is 0 Å². The Morgan fingerprint density at radius 1 is 0.714 bits per heavy atom. The third-order valence-electron chi connectivity index (χ3n) is 3.81. The van der Waals surface area contributed by atoms with Crippen molar-refractivity contribution in [2.24, 2.45) is 11.8 Å². The highest BCUT2D eigenvalue weighted by atomic mass is 27.2. The summed E-state index contributed by atoms with van der Waals surface area (Å²) in [7, 11) is 0. The van der Waals surface area contributed by atoms with Gasteiger partial charge in [-0.1, -0.05) is 66.2 Å². The van der Waals surface area contributed by atoms with E-state index in [1.807, 2.05) is 0 Å². The molecule has 21 heavy (non-hydrogen) atoms. The molecule has 0 unspecified atom stereocenters. The Kier molecular flexibility index (Phi) is 12.0. The Balaban J connectivity index is 5.16. The highest BCUT2D eigenvalue weighted by molar-refractivity contribution is 6.94. The summed E-state index contributed by atoms with van der Waals surface area (Å²) in [5.41, 5.74) is 0. The van der Waals surface area contributed by atoms with Crippen molar-refractivity contribution in [2.45, 2.75) is 90.6 Å². The number of hydrogen-bond donors (Lipinski definition) is 0. The molecule has 0 bridgehead atoms. The molecule has 0 radical (unpaired) electrons. The van der Waals surface area contributed by atoms with Crippen LogP contribution in [0.1, 0.15) is 80.1 Å². The van der Waals surface area contributed by atoms with E-state index in [1.165, 1.54) is 36.2 Å². The van der Waals surface area contributed by atoms with Crippen LogP contribution in [0, 0.1) is 33.2 Å². The van der Waals surface area contributed by atoms with Crippen LogP contribution in [-0.4, -0.2) is 13.1 Å². The molecule has 0 aliphatic heterocycles. The molecule has 0 aromatic heterocycles. The molecule has 120 valence electrons. The molecule has 0 nitrogen and oxygen atoms in total. The van der Waals surface area contributed by atoms with Crippen molar-refractivity contribution in [3.63, 3.8) is 0 Å². The van der Waals surface area contributed by atoms with Gasteiger partial charge in [-0.25, -0.2) is 0 Å². The van der Waals surface area contributed by atoms with Gasteiger partial charge in [0.2, 0.25) is 0 Å². The second kappa shape index (κ2) is 12.2. The van der Waals surface area contributed by atoms with Gasteiger partial charge in [0.15, 0.2) is 0 Å². The molecule has 0 N–H and O–H groups in total. The lowest BCUT2D eigenvalue weighted by Crippen LogP contribution is -2.35. The van der Waals surface area contributed by atoms with Crippen molar-refractivity contribution in [3.8, 4) is 21.4 Å². The molecule has 1 heteroatoms. The van der Waals surface area contributed by atoms with E-state index in [2.05, 4.69) is 62.9 Å². The molecule has 0 rings (SSSR count). The summed E-state index contributed by atoms with van der Waals surface area (Å²) >= 11 is -2.08. The van der Waals surface area contributed by atoms with Gasteiger partial charge in [-0.3, -0.25) is 0 Å². The van der Waals surface area contributed by atoms with Crippen LogP contribution in [0.25, 0.3) is 0 Å². The van der Waals surface area contributed by atoms with E-state index in [0.717, 1.165) is 24.7 Å². The molecular weight excluding hydrogens is 267 g/mol. The first-order valence-corrected chi connectivity index (χ1v) is 11.9. The first-order valence-electron chi connectivity index (χ1n) is 9.14. The normalized spacial score (nSPS) is 11.0. The minimum absolute atomic E-state index is 0.717. The smallest absolute Gasteiger partial charge is 0.310 e. The lowest BCUT2D eigenvalue weighted by atomic mass is 10.3. The fourth-order valence-electron chi connectivity index (χ4n) is 3.04. The molecule has 0 saturated heterocycles. The van der Waals surface area contributed by atoms with Crippen LogP contribution in [0.4, 0.5) is 0 Å². The van der Waals surface area contributed by atoms with Crippen LogP contribution in [0.3, 0.4) is 0 Å². The van der Waals surface area contributed by atoms with Crippen molar-refractivity contribution < 1.29 is 0 Å². The first-order chi connectivity index (χ1) is 9.95. The minimum atomic E-state index is -2.08. The molecular formula is C20H36Al-. The van der Waals surface area contributed by atoms with Crippen molar-refractivity contribution in [3.05, 3.63) is 0 Å². The summed E-state index contributed by atoms with van der Waals surface area (Å²) in [6.45, 7) is 13.8. The van der Waals surface area contributed by atoms with Gasteiger partial charge in [0.05, 0.1) is 0 Å². The zero-order valence-electron chi connectivity index (χ0n) is 15.4. The summed E-state index contributed by atoms with van der Waals surface area (Å²) in [4.78, 5) is 7.50. The zero-order chi connectivity index (χ0) is 16.1. The van der Waals surface area contributed by atoms with Crippen LogP contribution in [0.15, 0.2) is 0 Å². The molecule has 0 aromatic rings. The van der Waals surface area contributed by atoms with E-state index in [1.54, 1.807) is 0 Å². The summed E-state index contributed by atoms with van der Waals surface area (Å²) in [6, 6.07) is 0. The summed E-state index contributed by atoms with van der Waals surface area (Å²) < 4.78 is 0. The van der Waals surface area contributed by atoms with Gasteiger partial charge in [0.25, 0.3) is 0 Å². The molecule has 0 fully saturated rings. The predicted octanol–water partition coefficient (Wildman–Crippen LogP) is 6.21. The Morgan fingerprint density at radius 3 is 1.38 bits per heavy atom. The van der Waals surface area contributed by atoms with Gasteiger partial charge in [-0.2, -0.15) is 22.4 Å². The van der Waals surface area contributed by atoms with E-state index in [4.69, 9.17) is 0 Å². The third-order valence-corrected chi connectivity index (χ3v) is 8.82. The summed E-state index contributed by atoms with van der Waals surface area (Å²) in [5, 5.41) is 2.53. The number of rotatable bonds is 8. The second-order valence-corrected chi connectivity index (χ2v) is 11.4. The molecule has 0 aromatic carbocycles. The van der Waals surface area contributed by atoms with Crippen molar-refractivity contribution in [1.82, 2.24) is 0 Å². The van der Waals surface area contributed by atoms with E-state index >= 15 is 0 Å². The fraction of sp³-hybridized carbons (Fsp3) is 0.800. The van der Waals surface area contributed by atoms with E-state index in [9.17, 15) is 0 Å². The maximum Gasteiger partial charge on any atom is 0.310 e. The van der Waals surface area contributed by atoms with Gasteiger partial charge in [0, 0.05) is 12.8 Å². The lowest BCUT2D eigenvalue weighted by Gasteiger charge is -2.29. The van der Waals surface area contributed by atoms with E-state index in [0.29, 0.717) is 0 Å². The summed E-state index contributed by atoms with van der Waals surface area (Å²) in [6.07, 6.45) is 7.06. The molecule has 0 spiro atoms. The zero-order valence-corrected chi connectivity index (χ0v) is 16.5. The molecule has 0 saturated carbocycles. The Morgan fingerprint density at radius 2 is 1.10 bits per heavy atom. The predicted molar refractivity (Wildman–Crippen MR) is 99.6 cm³/mol. The largest absolute Gasteiger partial charge is 0.337 e. The van der Waals surface area contributed by atoms with Crippen LogP contribution in [0.5, 0.6) is 0 Å². The Labute approximate surface area is 137 Å². The topological polar surface area (TPSA) is 0 Å². The minimum Gasteiger partial charge on any atom is -0.337 e. The van der Waals surface area contributed by atoms with Gasteiger partial charge in [0.1, 0.15) is 0 Å². The monoisotopic (exact) mass is 303 g/mol. The van der Waals surface area contributed by atoms with Crippen LogP contribution < -0.4 is 0 Å². The van der Waals surface area contributed by atoms with E-state index in [-0.39, 0.29) is 0 Å². The SMILES string of the molecule is CCCCC#[C][Al-]([C]#CCCCC)([CH2]C(C)C)[CH2]C(C)C. The van der Waals surface area contributed by atoms with Crippen molar-refractivity contribution in [1.29, 1.82) is 0 Å². The third kappa shape index (κ3) is 10.9. The van der Waals surface area contributed by atoms with Crippen LogP contribution >= 0.6 is 0 Å². The molecule has 0 amide bonds. The lowest BCUT2D eigenvalue weighted by molar-refractivity contribution is 0.689. The van der Waals surface area contributed by atoms with Crippen molar-refractivity contribution >= 4 is 13.1 Å². The quantitative estimate of drug-likeness (QED) is 0.284. The van der Waals surface area contributed by atoms with Gasteiger partial charge >= 0.3 is 13.1 Å². The van der Waals surface area contributed by atoms with Crippen molar-refractivity contribution in [2.75, 3.05) is 0 Å². The van der Waals surface area contributed by atoms with Gasteiger partial charge in [-0.05, 0) is 12.8 Å². The maximum atomic E-state index is 3.75. The Hall–Kier alpha value is -0.348. The highest BCUT2D eigenvalue weighted by Crippen LogP contribution is 2.24. The standard InChI is InChI=1S/2C6H9.2C4H9.Al/c2*1-3-5-6-4-2;2*1-4(2)3;/h2*3,5-6H2,1H3;2*4H,1H2,2-3H3;/q;;;;-1.